The van der Waals surface area contributed by atoms with Gasteiger partial charge in [0.2, 0.25) is 0 Å². The van der Waals surface area contributed by atoms with E-state index in [1.165, 1.54) is 0 Å². The molecule has 0 bridgehead atoms. The van der Waals surface area contributed by atoms with Crippen LogP contribution in [0.15, 0.2) is 24.3 Å². The van der Waals surface area contributed by atoms with Gasteiger partial charge in [-0.25, -0.2) is 19.4 Å². The molecule has 3 atom stereocenters. The summed E-state index contributed by atoms with van der Waals surface area (Å²) in [7, 11) is 0. The lowest BCUT2D eigenvalue weighted by Gasteiger charge is -2.19. The normalized spacial score (nSPS) is 27.8. The van der Waals surface area contributed by atoms with Crippen LogP contribution in [0.4, 0.5) is 0 Å². The Balaban J connectivity index is 1.76. The first-order valence-corrected chi connectivity index (χ1v) is 7.56. The van der Waals surface area contributed by atoms with Crippen molar-refractivity contribution in [2.24, 2.45) is 11.8 Å². The van der Waals surface area contributed by atoms with Crippen LogP contribution in [0.5, 0.6) is 0 Å². The maximum atomic E-state index is 12.2. The van der Waals surface area contributed by atoms with Gasteiger partial charge < -0.3 is 0 Å². The van der Waals surface area contributed by atoms with E-state index in [1.54, 1.807) is 0 Å². The Morgan fingerprint density at radius 3 is 2.86 bits per heavy atom. The summed E-state index contributed by atoms with van der Waals surface area (Å²) in [6.07, 6.45) is 2.45. The summed E-state index contributed by atoms with van der Waals surface area (Å²) in [4.78, 5) is 32.7. The second kappa shape index (κ2) is 5.45. The first-order valence-electron chi connectivity index (χ1n) is 7.56. The Labute approximate surface area is 128 Å². The molecular weight excluding hydrogens is 282 g/mol. The summed E-state index contributed by atoms with van der Waals surface area (Å²) in [6.45, 7) is 1.83. The molecule has 1 aromatic rings. The average Bonchev–Trinajstić information content (AvgIpc) is 3.23. The minimum absolute atomic E-state index is 0.0511. The molecule has 114 valence electrons. The van der Waals surface area contributed by atoms with Gasteiger partial charge in [0.25, 0.3) is 0 Å². The van der Waals surface area contributed by atoms with E-state index in [0.717, 1.165) is 24.0 Å². The topological polar surface area (TPSA) is 76.4 Å². The molecule has 5 nitrogen and oxygen atoms in total. The number of nitriles is 1. The lowest BCUT2D eigenvalue weighted by molar-refractivity contribution is -0.260. The Morgan fingerprint density at radius 1 is 1.36 bits per heavy atom. The van der Waals surface area contributed by atoms with E-state index in [0.29, 0.717) is 6.42 Å². The molecule has 0 radical (unpaired) electrons. The Bertz CT molecular complexity index is 663. The lowest BCUT2D eigenvalue weighted by atomic mass is 9.82. The molecule has 0 N–H and O–H groups in total. The van der Waals surface area contributed by atoms with Crippen molar-refractivity contribution in [2.75, 3.05) is 0 Å². The van der Waals surface area contributed by atoms with E-state index < -0.39 is 23.3 Å². The zero-order valence-electron chi connectivity index (χ0n) is 12.4. The molecule has 0 spiro atoms. The van der Waals surface area contributed by atoms with Crippen molar-refractivity contribution in [1.82, 2.24) is 0 Å². The zero-order chi connectivity index (χ0) is 15.7. The van der Waals surface area contributed by atoms with Crippen molar-refractivity contribution < 1.29 is 19.4 Å². The molecule has 1 aromatic carbocycles. The molecule has 0 heterocycles. The fraction of sp³-hybridized carbons (Fsp3) is 0.471. The van der Waals surface area contributed by atoms with Gasteiger partial charge in [-0.1, -0.05) is 31.2 Å². The van der Waals surface area contributed by atoms with E-state index in [1.807, 2.05) is 31.2 Å². The maximum Gasteiger partial charge on any atom is 0.360 e. The summed E-state index contributed by atoms with van der Waals surface area (Å²) in [6, 6.07) is 10.0. The van der Waals surface area contributed by atoms with Crippen LogP contribution >= 0.6 is 0 Å². The smallest absolute Gasteiger partial charge is 0.247 e. The maximum absolute atomic E-state index is 12.2. The molecule has 1 fully saturated rings. The number of benzene rings is 1. The van der Waals surface area contributed by atoms with E-state index in [9.17, 15) is 14.9 Å². The zero-order valence-corrected chi connectivity index (χ0v) is 12.4. The highest BCUT2D eigenvalue weighted by atomic mass is 17.2. The van der Waals surface area contributed by atoms with Crippen LogP contribution in [0, 0.1) is 23.2 Å². The van der Waals surface area contributed by atoms with Crippen LogP contribution in [-0.4, -0.2) is 11.9 Å². The fourth-order valence-electron chi connectivity index (χ4n) is 3.62. The number of aryl methyl sites for hydroxylation is 1. The quantitative estimate of drug-likeness (QED) is 0.633. The minimum Gasteiger partial charge on any atom is -0.247 e. The van der Waals surface area contributed by atoms with Crippen LogP contribution in [0.1, 0.15) is 37.3 Å². The predicted molar refractivity (Wildman–Crippen MR) is 76.1 cm³/mol. The molecule has 22 heavy (non-hydrogen) atoms. The van der Waals surface area contributed by atoms with Gasteiger partial charge in [-0.05, 0) is 36.3 Å². The Hall–Kier alpha value is -2.35. The number of hydrogen-bond donors (Lipinski definition) is 0. The van der Waals surface area contributed by atoms with Gasteiger partial charge in [0.1, 0.15) is 0 Å². The third-order valence-electron chi connectivity index (χ3n) is 4.67. The van der Waals surface area contributed by atoms with Gasteiger partial charge >= 0.3 is 11.9 Å². The van der Waals surface area contributed by atoms with Crippen LogP contribution in [0.2, 0.25) is 0 Å². The van der Waals surface area contributed by atoms with Gasteiger partial charge in [0, 0.05) is 6.42 Å². The van der Waals surface area contributed by atoms with Gasteiger partial charge in [-0.3, -0.25) is 0 Å². The van der Waals surface area contributed by atoms with Crippen molar-refractivity contribution in [3.8, 4) is 6.07 Å². The van der Waals surface area contributed by atoms with Crippen LogP contribution in [0.3, 0.4) is 0 Å². The van der Waals surface area contributed by atoms with Crippen LogP contribution < -0.4 is 0 Å². The third-order valence-corrected chi connectivity index (χ3v) is 4.67. The number of carbonyl (C=O) groups excluding carboxylic acids is 2. The van der Waals surface area contributed by atoms with Gasteiger partial charge in [-0.2, -0.15) is 5.26 Å². The molecule has 3 rings (SSSR count). The number of fused-ring (bicyclic) bond motifs is 3. The van der Waals surface area contributed by atoms with E-state index in [-0.39, 0.29) is 12.3 Å². The number of hydrogen-bond acceptors (Lipinski definition) is 5. The Kier molecular flexibility index (Phi) is 3.61. The van der Waals surface area contributed by atoms with E-state index in [2.05, 4.69) is 15.8 Å². The van der Waals surface area contributed by atoms with Crippen molar-refractivity contribution in [3.63, 3.8) is 0 Å². The predicted octanol–water partition coefficient (Wildman–Crippen LogP) is 2.44. The van der Waals surface area contributed by atoms with Gasteiger partial charge in [0.05, 0.1) is 17.4 Å². The largest absolute Gasteiger partial charge is 0.360 e. The molecule has 0 aromatic heterocycles. The SMILES string of the molecule is CCCC(=O)OOC(=O)C1C2CCc3ccccc3C21C#N. The monoisotopic (exact) mass is 299 g/mol. The summed E-state index contributed by atoms with van der Waals surface area (Å²) < 4.78 is 0. The third kappa shape index (κ3) is 2.07. The molecule has 1 saturated carbocycles. The average molecular weight is 299 g/mol. The number of rotatable bonds is 3. The van der Waals surface area contributed by atoms with E-state index >= 15 is 0 Å². The number of nitrogens with zero attached hydrogens (tertiary/aromatic N) is 1. The molecule has 3 unspecified atom stereocenters. The summed E-state index contributed by atoms with van der Waals surface area (Å²) in [5.41, 5.74) is 1.21. The second-order valence-corrected chi connectivity index (χ2v) is 5.87. The van der Waals surface area contributed by atoms with Crippen molar-refractivity contribution >= 4 is 11.9 Å². The van der Waals surface area contributed by atoms with Gasteiger partial charge in [-0.15, -0.1) is 0 Å². The highest BCUT2D eigenvalue weighted by Crippen LogP contribution is 2.65. The molecule has 0 amide bonds. The summed E-state index contributed by atoms with van der Waals surface area (Å²) in [5.74, 6) is -1.78. The Morgan fingerprint density at radius 2 is 2.14 bits per heavy atom. The lowest BCUT2D eigenvalue weighted by Crippen LogP contribution is -2.20. The number of carbonyl (C=O) groups is 2. The van der Waals surface area contributed by atoms with Crippen molar-refractivity contribution in [1.29, 1.82) is 5.26 Å². The molecule has 5 heteroatoms. The molecule has 2 aliphatic carbocycles. The van der Waals surface area contributed by atoms with Crippen LogP contribution in [0.25, 0.3) is 0 Å². The first-order chi connectivity index (χ1) is 10.6. The van der Waals surface area contributed by atoms with Crippen molar-refractivity contribution in [3.05, 3.63) is 35.4 Å². The minimum atomic E-state index is -0.816. The second-order valence-electron chi connectivity index (χ2n) is 5.87. The molecule has 2 aliphatic rings. The fourth-order valence-corrected chi connectivity index (χ4v) is 3.62. The summed E-state index contributed by atoms with van der Waals surface area (Å²) in [5, 5.41) is 9.65. The summed E-state index contributed by atoms with van der Waals surface area (Å²) >= 11 is 0. The molecule has 0 saturated heterocycles. The highest BCUT2D eigenvalue weighted by molar-refractivity contribution is 5.83. The molecular formula is C17H17NO4. The first kappa shape index (κ1) is 14.6. The van der Waals surface area contributed by atoms with Gasteiger partial charge in [0.15, 0.2) is 0 Å². The standard InChI is InChI=1S/C17H17NO4/c1-2-5-14(19)21-22-16(20)15-13-9-8-11-6-3-4-7-12(11)17(13,15)10-18/h3-4,6-7,13,15H,2,5,8-9H2,1H3. The highest BCUT2D eigenvalue weighted by Gasteiger charge is 2.72. The molecule has 0 aliphatic heterocycles. The van der Waals surface area contributed by atoms with Crippen LogP contribution in [-0.2, 0) is 31.2 Å². The van der Waals surface area contributed by atoms with Crippen molar-refractivity contribution in [2.45, 2.75) is 38.0 Å². The van der Waals surface area contributed by atoms with E-state index in [4.69, 9.17) is 0 Å².